The van der Waals surface area contributed by atoms with E-state index in [0.717, 1.165) is 16.7 Å². The molecule has 0 fully saturated rings. The van der Waals surface area contributed by atoms with Gasteiger partial charge in [-0.05, 0) is 36.8 Å². The van der Waals surface area contributed by atoms with Gasteiger partial charge in [-0.25, -0.2) is 8.42 Å². The largest absolute Gasteiger partial charge is 0.423 e. The van der Waals surface area contributed by atoms with Crippen LogP contribution in [-0.2, 0) is 9.84 Å². The summed E-state index contributed by atoms with van der Waals surface area (Å²) in [5.74, 6) is 0. The number of anilines is 1. The maximum Gasteiger partial charge on any atom is 0.298 e. The summed E-state index contributed by atoms with van der Waals surface area (Å²) >= 11 is 0. The van der Waals surface area contributed by atoms with Crippen molar-refractivity contribution in [3.63, 3.8) is 0 Å². The van der Waals surface area contributed by atoms with E-state index in [1.165, 1.54) is 6.26 Å². The minimum Gasteiger partial charge on any atom is -0.423 e. The standard InChI is InChI=1S/C17H18N2O3S/c1-12(13-8-10-14(11-9-13)23(3,20)21)19(2)17-18-15-6-4-5-7-16(15)22-17/h4-12H,1-3H3/t12-/m0/s1. The predicted molar refractivity (Wildman–Crippen MR) is 90.4 cm³/mol. The van der Waals surface area contributed by atoms with Gasteiger partial charge in [0.1, 0.15) is 5.52 Å². The number of rotatable bonds is 4. The number of hydrogen-bond donors (Lipinski definition) is 0. The van der Waals surface area contributed by atoms with Gasteiger partial charge in [0.2, 0.25) is 0 Å². The van der Waals surface area contributed by atoms with Crippen molar-refractivity contribution in [3.05, 3.63) is 54.1 Å². The second kappa shape index (κ2) is 5.70. The molecule has 0 saturated heterocycles. The zero-order valence-electron chi connectivity index (χ0n) is 13.2. The Balaban J connectivity index is 1.88. The van der Waals surface area contributed by atoms with E-state index in [2.05, 4.69) is 4.98 Å². The van der Waals surface area contributed by atoms with Crippen LogP contribution in [-0.4, -0.2) is 26.7 Å². The molecule has 1 aromatic heterocycles. The molecule has 0 aliphatic heterocycles. The molecule has 120 valence electrons. The molecular weight excluding hydrogens is 312 g/mol. The lowest BCUT2D eigenvalue weighted by Gasteiger charge is -2.23. The van der Waals surface area contributed by atoms with Gasteiger partial charge in [0.05, 0.1) is 10.9 Å². The second-order valence-electron chi connectivity index (χ2n) is 5.59. The van der Waals surface area contributed by atoms with Gasteiger partial charge in [-0.2, -0.15) is 4.98 Å². The monoisotopic (exact) mass is 330 g/mol. The third-order valence-electron chi connectivity index (χ3n) is 3.96. The number of para-hydroxylation sites is 2. The number of hydrogen-bond acceptors (Lipinski definition) is 5. The van der Waals surface area contributed by atoms with E-state index in [1.807, 2.05) is 55.3 Å². The van der Waals surface area contributed by atoms with E-state index >= 15 is 0 Å². The van der Waals surface area contributed by atoms with Gasteiger partial charge in [-0.1, -0.05) is 24.3 Å². The molecule has 0 bridgehead atoms. The summed E-state index contributed by atoms with van der Waals surface area (Å²) in [6, 6.07) is 15.0. The van der Waals surface area contributed by atoms with Crippen molar-refractivity contribution < 1.29 is 12.8 Å². The summed E-state index contributed by atoms with van der Waals surface area (Å²) in [6.45, 7) is 2.02. The average molecular weight is 330 g/mol. The molecule has 0 saturated carbocycles. The SMILES string of the molecule is C[C@@H](c1ccc(S(C)(=O)=O)cc1)N(C)c1nc2ccccc2o1. The van der Waals surface area contributed by atoms with Gasteiger partial charge in [0.25, 0.3) is 6.01 Å². The van der Waals surface area contributed by atoms with E-state index in [1.54, 1.807) is 12.1 Å². The van der Waals surface area contributed by atoms with Crippen LogP contribution in [0.25, 0.3) is 11.1 Å². The van der Waals surface area contributed by atoms with Crippen LogP contribution >= 0.6 is 0 Å². The topological polar surface area (TPSA) is 63.4 Å². The molecule has 0 aliphatic rings. The molecule has 0 amide bonds. The lowest BCUT2D eigenvalue weighted by Crippen LogP contribution is -2.21. The number of aromatic nitrogens is 1. The first-order chi connectivity index (χ1) is 10.9. The lowest BCUT2D eigenvalue weighted by molar-refractivity contribution is 0.557. The number of sulfone groups is 1. The number of fused-ring (bicyclic) bond motifs is 1. The molecule has 0 radical (unpaired) electrons. The maximum absolute atomic E-state index is 11.5. The molecular formula is C17H18N2O3S. The smallest absolute Gasteiger partial charge is 0.298 e. The molecule has 0 spiro atoms. The van der Waals surface area contributed by atoms with Crippen LogP contribution in [0.15, 0.2) is 57.8 Å². The minimum atomic E-state index is -3.18. The molecule has 23 heavy (non-hydrogen) atoms. The maximum atomic E-state index is 11.5. The molecule has 1 heterocycles. The van der Waals surface area contributed by atoms with Gasteiger partial charge >= 0.3 is 0 Å². The number of oxazole rings is 1. The second-order valence-corrected chi connectivity index (χ2v) is 7.61. The van der Waals surface area contributed by atoms with Crippen LogP contribution in [0.4, 0.5) is 6.01 Å². The highest BCUT2D eigenvalue weighted by molar-refractivity contribution is 7.90. The van der Waals surface area contributed by atoms with Gasteiger partial charge in [0.15, 0.2) is 15.4 Å². The summed E-state index contributed by atoms with van der Waals surface area (Å²) in [5.41, 5.74) is 2.55. The summed E-state index contributed by atoms with van der Waals surface area (Å²) in [6.07, 6.45) is 1.20. The summed E-state index contributed by atoms with van der Waals surface area (Å²) in [5, 5.41) is 0. The Morgan fingerprint density at radius 1 is 1.09 bits per heavy atom. The summed E-state index contributed by atoms with van der Waals surface area (Å²) in [4.78, 5) is 6.72. The number of benzene rings is 2. The predicted octanol–water partition coefficient (Wildman–Crippen LogP) is 3.43. The molecule has 2 aromatic carbocycles. The van der Waals surface area contributed by atoms with E-state index in [0.29, 0.717) is 10.9 Å². The van der Waals surface area contributed by atoms with E-state index in [9.17, 15) is 8.42 Å². The lowest BCUT2D eigenvalue weighted by atomic mass is 10.1. The van der Waals surface area contributed by atoms with Crippen LogP contribution in [0, 0.1) is 0 Å². The third-order valence-corrected chi connectivity index (χ3v) is 5.08. The highest BCUT2D eigenvalue weighted by atomic mass is 32.2. The van der Waals surface area contributed by atoms with Crippen LogP contribution in [0.2, 0.25) is 0 Å². The summed E-state index contributed by atoms with van der Waals surface area (Å²) in [7, 11) is -1.28. The van der Waals surface area contributed by atoms with Gasteiger partial charge in [0, 0.05) is 13.3 Å². The zero-order chi connectivity index (χ0) is 16.6. The van der Waals surface area contributed by atoms with Gasteiger partial charge in [-0.3, -0.25) is 0 Å². The Labute approximate surface area is 135 Å². The quantitative estimate of drug-likeness (QED) is 0.733. The summed E-state index contributed by atoms with van der Waals surface area (Å²) < 4.78 is 28.8. The van der Waals surface area contributed by atoms with Gasteiger partial charge < -0.3 is 9.32 Å². The molecule has 5 nitrogen and oxygen atoms in total. The van der Waals surface area contributed by atoms with E-state index < -0.39 is 9.84 Å². The molecule has 1 atom stereocenters. The van der Waals surface area contributed by atoms with Crippen LogP contribution < -0.4 is 4.90 Å². The van der Waals surface area contributed by atoms with Crippen molar-refractivity contribution >= 4 is 27.0 Å². The first kappa shape index (κ1) is 15.6. The molecule has 0 unspecified atom stereocenters. The normalized spacial score (nSPS) is 13.2. The van der Waals surface area contributed by atoms with E-state index in [4.69, 9.17) is 4.42 Å². The third kappa shape index (κ3) is 3.07. The molecule has 6 heteroatoms. The first-order valence-corrected chi connectivity index (χ1v) is 9.14. The Morgan fingerprint density at radius 2 is 1.74 bits per heavy atom. The fourth-order valence-corrected chi connectivity index (χ4v) is 3.02. The highest BCUT2D eigenvalue weighted by Crippen LogP contribution is 2.28. The molecule has 0 N–H and O–H groups in total. The Kier molecular flexibility index (Phi) is 3.85. The van der Waals surface area contributed by atoms with Crippen LogP contribution in [0.1, 0.15) is 18.5 Å². The zero-order valence-corrected chi connectivity index (χ0v) is 14.0. The van der Waals surface area contributed by atoms with Crippen molar-refractivity contribution in [2.45, 2.75) is 17.9 Å². The molecule has 3 aromatic rings. The first-order valence-electron chi connectivity index (χ1n) is 7.24. The molecule has 0 aliphatic carbocycles. The fraction of sp³-hybridized carbons (Fsp3) is 0.235. The Hall–Kier alpha value is -2.34. The Morgan fingerprint density at radius 3 is 2.35 bits per heavy atom. The number of nitrogens with zero attached hydrogens (tertiary/aromatic N) is 2. The van der Waals surface area contributed by atoms with Crippen molar-refractivity contribution in [2.24, 2.45) is 0 Å². The van der Waals surface area contributed by atoms with Crippen LogP contribution in [0.5, 0.6) is 0 Å². The molecule has 3 rings (SSSR count). The average Bonchev–Trinajstić information content (AvgIpc) is 2.96. The fourth-order valence-electron chi connectivity index (χ4n) is 2.39. The van der Waals surface area contributed by atoms with Crippen molar-refractivity contribution in [2.75, 3.05) is 18.2 Å². The van der Waals surface area contributed by atoms with E-state index in [-0.39, 0.29) is 6.04 Å². The Bertz CT molecular complexity index is 897. The van der Waals surface area contributed by atoms with Crippen LogP contribution in [0.3, 0.4) is 0 Å². The highest BCUT2D eigenvalue weighted by Gasteiger charge is 2.18. The van der Waals surface area contributed by atoms with Gasteiger partial charge in [-0.15, -0.1) is 0 Å². The van der Waals surface area contributed by atoms with Crippen molar-refractivity contribution in [1.82, 2.24) is 4.98 Å². The van der Waals surface area contributed by atoms with Crippen molar-refractivity contribution in [3.8, 4) is 0 Å². The van der Waals surface area contributed by atoms with Crippen molar-refractivity contribution in [1.29, 1.82) is 0 Å². The minimum absolute atomic E-state index is 0.00308.